The highest BCUT2D eigenvalue weighted by atomic mass is 16.5. The van der Waals surface area contributed by atoms with Crippen molar-refractivity contribution in [2.45, 2.75) is 6.42 Å². The standard InChI is InChI=1S/C7H9O2/c1-3-6-7(8-2)4-5-9-6/h4-5H,1,3H2,2H3. The van der Waals surface area contributed by atoms with Crippen molar-refractivity contribution >= 4 is 0 Å². The summed E-state index contributed by atoms with van der Waals surface area (Å²) in [5.74, 6) is 1.59. The molecular weight excluding hydrogens is 116 g/mol. The Bertz CT molecular complexity index is 160. The van der Waals surface area contributed by atoms with E-state index in [0.717, 1.165) is 11.5 Å². The maximum absolute atomic E-state index is 5.02. The van der Waals surface area contributed by atoms with Crippen molar-refractivity contribution in [3.05, 3.63) is 25.0 Å². The predicted molar refractivity (Wildman–Crippen MR) is 34.3 cm³/mol. The number of hydrogen-bond acceptors (Lipinski definition) is 2. The molecule has 0 aromatic carbocycles. The minimum atomic E-state index is 0.635. The highest BCUT2D eigenvalue weighted by Crippen LogP contribution is 2.18. The Labute approximate surface area is 54.4 Å². The second kappa shape index (κ2) is 2.58. The molecule has 2 heteroatoms. The van der Waals surface area contributed by atoms with Crippen LogP contribution in [0.5, 0.6) is 5.75 Å². The molecule has 0 aliphatic rings. The lowest BCUT2D eigenvalue weighted by atomic mass is 10.3. The summed E-state index contributed by atoms with van der Waals surface area (Å²) in [7, 11) is 1.62. The van der Waals surface area contributed by atoms with Gasteiger partial charge in [-0.3, -0.25) is 0 Å². The van der Waals surface area contributed by atoms with E-state index in [2.05, 4.69) is 6.92 Å². The zero-order valence-corrected chi connectivity index (χ0v) is 5.39. The summed E-state index contributed by atoms with van der Waals surface area (Å²) in [6, 6.07) is 1.78. The summed E-state index contributed by atoms with van der Waals surface area (Å²) >= 11 is 0. The minimum Gasteiger partial charge on any atom is -0.493 e. The molecule has 2 nitrogen and oxygen atoms in total. The largest absolute Gasteiger partial charge is 0.493 e. The molecule has 1 radical (unpaired) electrons. The summed E-state index contributed by atoms with van der Waals surface area (Å²) < 4.78 is 9.96. The van der Waals surface area contributed by atoms with E-state index >= 15 is 0 Å². The first-order valence-electron chi connectivity index (χ1n) is 2.78. The van der Waals surface area contributed by atoms with Gasteiger partial charge in [-0.2, -0.15) is 0 Å². The average Bonchev–Trinajstić information content (AvgIpc) is 2.33. The van der Waals surface area contributed by atoms with Gasteiger partial charge in [-0.1, -0.05) is 0 Å². The average molecular weight is 125 g/mol. The molecule has 0 bridgehead atoms. The van der Waals surface area contributed by atoms with E-state index in [1.165, 1.54) is 0 Å². The maximum Gasteiger partial charge on any atom is 0.160 e. The Kier molecular flexibility index (Phi) is 1.78. The van der Waals surface area contributed by atoms with Crippen LogP contribution in [0.1, 0.15) is 5.76 Å². The van der Waals surface area contributed by atoms with Crippen molar-refractivity contribution in [2.75, 3.05) is 7.11 Å². The SMILES string of the molecule is [CH2]Cc1occc1OC. The van der Waals surface area contributed by atoms with E-state index in [9.17, 15) is 0 Å². The first-order chi connectivity index (χ1) is 4.38. The van der Waals surface area contributed by atoms with E-state index in [4.69, 9.17) is 9.15 Å². The van der Waals surface area contributed by atoms with Crippen LogP contribution in [0.2, 0.25) is 0 Å². The van der Waals surface area contributed by atoms with Gasteiger partial charge in [0.1, 0.15) is 5.76 Å². The molecule has 1 heterocycles. The van der Waals surface area contributed by atoms with Crippen LogP contribution in [0.3, 0.4) is 0 Å². The highest BCUT2D eigenvalue weighted by Gasteiger charge is 2.00. The molecule has 0 aliphatic heterocycles. The van der Waals surface area contributed by atoms with Crippen molar-refractivity contribution in [1.82, 2.24) is 0 Å². The van der Waals surface area contributed by atoms with Crippen molar-refractivity contribution in [1.29, 1.82) is 0 Å². The van der Waals surface area contributed by atoms with Gasteiger partial charge in [-0.15, -0.1) is 0 Å². The molecule has 0 N–H and O–H groups in total. The molecule has 1 rings (SSSR count). The third-order valence-electron chi connectivity index (χ3n) is 1.15. The molecular formula is C7H9O2. The lowest BCUT2D eigenvalue weighted by Crippen LogP contribution is -1.83. The van der Waals surface area contributed by atoms with Crippen LogP contribution in [0.4, 0.5) is 0 Å². The summed E-state index contributed by atoms with van der Waals surface area (Å²) in [6.07, 6.45) is 2.23. The van der Waals surface area contributed by atoms with E-state index in [1.54, 1.807) is 19.4 Å². The van der Waals surface area contributed by atoms with Crippen LogP contribution in [-0.2, 0) is 6.42 Å². The van der Waals surface area contributed by atoms with Crippen molar-refractivity contribution in [3.63, 3.8) is 0 Å². The van der Waals surface area contributed by atoms with Gasteiger partial charge in [-0.25, -0.2) is 0 Å². The number of furan rings is 1. The molecule has 49 valence electrons. The van der Waals surface area contributed by atoms with E-state index in [0.29, 0.717) is 6.42 Å². The predicted octanol–water partition coefficient (Wildman–Crippen LogP) is 1.66. The molecule has 9 heavy (non-hydrogen) atoms. The maximum atomic E-state index is 5.02. The van der Waals surface area contributed by atoms with Gasteiger partial charge in [-0.05, 0) is 6.92 Å². The van der Waals surface area contributed by atoms with E-state index in [1.807, 2.05) is 0 Å². The van der Waals surface area contributed by atoms with Crippen LogP contribution in [0, 0.1) is 6.92 Å². The normalized spacial score (nSPS) is 9.56. The minimum absolute atomic E-state index is 0.635. The number of rotatable bonds is 2. The van der Waals surface area contributed by atoms with Crippen LogP contribution in [-0.4, -0.2) is 7.11 Å². The highest BCUT2D eigenvalue weighted by molar-refractivity contribution is 5.24. The van der Waals surface area contributed by atoms with Gasteiger partial charge in [0.2, 0.25) is 0 Å². The van der Waals surface area contributed by atoms with Gasteiger partial charge in [0.15, 0.2) is 5.75 Å². The van der Waals surface area contributed by atoms with Crippen LogP contribution in [0.25, 0.3) is 0 Å². The summed E-state index contributed by atoms with van der Waals surface area (Å²) in [4.78, 5) is 0. The van der Waals surface area contributed by atoms with Crippen molar-refractivity contribution in [2.24, 2.45) is 0 Å². The Balaban J connectivity index is 2.85. The van der Waals surface area contributed by atoms with Crippen molar-refractivity contribution in [3.8, 4) is 5.75 Å². The van der Waals surface area contributed by atoms with Gasteiger partial charge in [0.05, 0.1) is 13.4 Å². The third-order valence-corrected chi connectivity index (χ3v) is 1.15. The zero-order valence-electron chi connectivity index (χ0n) is 5.39. The monoisotopic (exact) mass is 125 g/mol. The van der Waals surface area contributed by atoms with Crippen LogP contribution >= 0.6 is 0 Å². The summed E-state index contributed by atoms with van der Waals surface area (Å²) in [6.45, 7) is 3.66. The fourth-order valence-corrected chi connectivity index (χ4v) is 0.693. The first kappa shape index (κ1) is 6.20. The number of methoxy groups -OCH3 is 1. The molecule has 0 atom stereocenters. The molecule has 1 aromatic heterocycles. The van der Waals surface area contributed by atoms with E-state index in [-0.39, 0.29) is 0 Å². The quantitative estimate of drug-likeness (QED) is 0.599. The lowest BCUT2D eigenvalue weighted by molar-refractivity contribution is 0.394. The van der Waals surface area contributed by atoms with Crippen molar-refractivity contribution < 1.29 is 9.15 Å². The molecule has 1 aromatic rings. The lowest BCUT2D eigenvalue weighted by Gasteiger charge is -1.94. The van der Waals surface area contributed by atoms with Crippen LogP contribution in [0.15, 0.2) is 16.7 Å². The first-order valence-corrected chi connectivity index (χ1v) is 2.78. The molecule has 0 saturated carbocycles. The Morgan fingerprint density at radius 3 is 3.00 bits per heavy atom. The smallest absolute Gasteiger partial charge is 0.160 e. The molecule has 0 saturated heterocycles. The van der Waals surface area contributed by atoms with E-state index < -0.39 is 0 Å². The van der Waals surface area contributed by atoms with Gasteiger partial charge in [0, 0.05) is 12.5 Å². The fourth-order valence-electron chi connectivity index (χ4n) is 0.693. The second-order valence-corrected chi connectivity index (χ2v) is 1.66. The third kappa shape index (κ3) is 1.07. The fraction of sp³-hybridized carbons (Fsp3) is 0.286. The summed E-state index contributed by atoms with van der Waals surface area (Å²) in [5.41, 5.74) is 0. The number of hydrogen-bond donors (Lipinski definition) is 0. The second-order valence-electron chi connectivity index (χ2n) is 1.66. The molecule has 0 fully saturated rings. The molecule has 0 unspecified atom stereocenters. The zero-order chi connectivity index (χ0) is 6.69. The topological polar surface area (TPSA) is 22.4 Å². The molecule has 0 amide bonds. The van der Waals surface area contributed by atoms with Crippen LogP contribution < -0.4 is 4.74 Å². The van der Waals surface area contributed by atoms with Gasteiger partial charge >= 0.3 is 0 Å². The van der Waals surface area contributed by atoms with Gasteiger partial charge < -0.3 is 9.15 Å². The number of ether oxygens (including phenoxy) is 1. The van der Waals surface area contributed by atoms with Gasteiger partial charge in [0.25, 0.3) is 0 Å². The molecule has 0 spiro atoms. The molecule has 0 aliphatic carbocycles. The Morgan fingerprint density at radius 1 is 1.78 bits per heavy atom. The Morgan fingerprint density at radius 2 is 2.56 bits per heavy atom. The summed E-state index contributed by atoms with van der Waals surface area (Å²) in [5, 5.41) is 0. The Hall–Kier alpha value is -0.920.